The van der Waals surface area contributed by atoms with Crippen LogP contribution in [0.15, 0.2) is 41.8 Å². The van der Waals surface area contributed by atoms with Crippen LogP contribution in [-0.2, 0) is 4.79 Å². The van der Waals surface area contributed by atoms with E-state index in [1.54, 1.807) is 28.4 Å². The first kappa shape index (κ1) is 20.3. The maximum absolute atomic E-state index is 13.3. The molecule has 1 aliphatic heterocycles. The molecule has 1 aromatic heterocycles. The molecule has 0 spiro atoms. The highest BCUT2D eigenvalue weighted by molar-refractivity contribution is 7.10. The number of nitrogens with zero attached hydrogens (tertiary/aromatic N) is 2. The number of benzene rings is 1. The molecule has 8 heteroatoms. The van der Waals surface area contributed by atoms with E-state index in [2.05, 4.69) is 10.6 Å². The second kappa shape index (κ2) is 9.66. The first-order chi connectivity index (χ1) is 13.6. The van der Waals surface area contributed by atoms with Gasteiger partial charge in [0.2, 0.25) is 5.91 Å². The summed E-state index contributed by atoms with van der Waals surface area (Å²) in [7, 11) is 0. The van der Waals surface area contributed by atoms with Gasteiger partial charge in [0.1, 0.15) is 5.82 Å². The highest BCUT2D eigenvalue weighted by Crippen LogP contribution is 2.26. The summed E-state index contributed by atoms with van der Waals surface area (Å²) in [5.74, 6) is -0.390. The quantitative estimate of drug-likeness (QED) is 0.777. The third kappa shape index (κ3) is 5.30. The minimum Gasteiger partial charge on any atom is -0.343 e. The highest BCUT2D eigenvalue weighted by atomic mass is 32.1. The number of urea groups is 1. The van der Waals surface area contributed by atoms with Gasteiger partial charge in [-0.25, -0.2) is 9.18 Å². The molecular formula is C20H25FN4O2S. The second-order valence-electron chi connectivity index (χ2n) is 6.67. The molecule has 0 radical (unpaired) electrons. The number of hydrogen-bond acceptors (Lipinski definition) is 4. The van der Waals surface area contributed by atoms with Crippen LogP contribution in [0.4, 0.5) is 9.18 Å². The van der Waals surface area contributed by atoms with Crippen LogP contribution in [0.25, 0.3) is 0 Å². The number of carbonyl (C=O) groups excluding carboxylic acids is 2. The van der Waals surface area contributed by atoms with Gasteiger partial charge in [0, 0.05) is 37.6 Å². The van der Waals surface area contributed by atoms with Gasteiger partial charge >= 0.3 is 6.03 Å². The smallest absolute Gasteiger partial charge is 0.317 e. The molecule has 3 rings (SSSR count). The molecule has 0 bridgehead atoms. The van der Waals surface area contributed by atoms with Crippen molar-refractivity contribution in [3.05, 3.63) is 58.0 Å². The maximum atomic E-state index is 13.3. The summed E-state index contributed by atoms with van der Waals surface area (Å²) in [6.45, 7) is 5.29. The van der Waals surface area contributed by atoms with Crippen molar-refractivity contribution in [2.45, 2.75) is 13.0 Å². The lowest BCUT2D eigenvalue weighted by molar-refractivity contribution is -0.123. The molecular weight excluding hydrogens is 379 g/mol. The maximum Gasteiger partial charge on any atom is 0.317 e. The van der Waals surface area contributed by atoms with Gasteiger partial charge in [-0.15, -0.1) is 11.3 Å². The number of amides is 3. The Bertz CT molecular complexity index is 774. The Morgan fingerprint density at radius 3 is 2.46 bits per heavy atom. The molecule has 2 N–H and O–H groups in total. The number of halogens is 1. The van der Waals surface area contributed by atoms with Crippen molar-refractivity contribution < 1.29 is 14.0 Å². The molecule has 1 fully saturated rings. The fourth-order valence-corrected chi connectivity index (χ4v) is 4.01. The van der Waals surface area contributed by atoms with Gasteiger partial charge in [0.15, 0.2) is 0 Å². The second-order valence-corrected chi connectivity index (χ2v) is 7.65. The zero-order valence-electron chi connectivity index (χ0n) is 15.9. The highest BCUT2D eigenvalue weighted by Gasteiger charge is 2.24. The summed E-state index contributed by atoms with van der Waals surface area (Å²) in [5, 5.41) is 7.83. The Kier molecular flexibility index (Phi) is 7.00. The van der Waals surface area contributed by atoms with Gasteiger partial charge in [-0.3, -0.25) is 9.69 Å². The van der Waals surface area contributed by atoms with Gasteiger partial charge in [-0.05, 0) is 36.1 Å². The van der Waals surface area contributed by atoms with E-state index in [9.17, 15) is 14.0 Å². The van der Waals surface area contributed by atoms with Crippen LogP contribution >= 0.6 is 11.3 Å². The van der Waals surface area contributed by atoms with Gasteiger partial charge in [0.25, 0.3) is 0 Å². The van der Waals surface area contributed by atoms with Crippen LogP contribution in [0.2, 0.25) is 0 Å². The van der Waals surface area contributed by atoms with Crippen molar-refractivity contribution in [1.82, 2.24) is 20.4 Å². The molecule has 1 aromatic carbocycles. The van der Waals surface area contributed by atoms with Crippen molar-refractivity contribution in [2.24, 2.45) is 0 Å². The Hall–Kier alpha value is -2.45. The minimum absolute atomic E-state index is 0.0549. The van der Waals surface area contributed by atoms with Gasteiger partial charge in [-0.1, -0.05) is 18.2 Å². The van der Waals surface area contributed by atoms with Crippen molar-refractivity contribution in [3.8, 4) is 0 Å². The van der Waals surface area contributed by atoms with E-state index in [1.807, 2.05) is 29.3 Å². The van der Waals surface area contributed by atoms with Crippen LogP contribution in [0.5, 0.6) is 0 Å². The Morgan fingerprint density at radius 2 is 1.86 bits per heavy atom. The van der Waals surface area contributed by atoms with Crippen LogP contribution in [-0.4, -0.2) is 61.0 Å². The van der Waals surface area contributed by atoms with Crippen molar-refractivity contribution >= 4 is 23.3 Å². The molecule has 6 nitrogen and oxygen atoms in total. The van der Waals surface area contributed by atoms with E-state index in [1.165, 1.54) is 12.1 Å². The molecule has 1 saturated heterocycles. The molecule has 1 aliphatic rings. The lowest BCUT2D eigenvalue weighted by atomic mass is 10.1. The summed E-state index contributed by atoms with van der Waals surface area (Å²) in [5.41, 5.74) is 0.846. The molecule has 1 unspecified atom stereocenters. The molecule has 0 saturated carbocycles. The Morgan fingerprint density at radius 1 is 1.14 bits per heavy atom. The van der Waals surface area contributed by atoms with Crippen LogP contribution in [0.3, 0.4) is 0 Å². The molecule has 28 heavy (non-hydrogen) atoms. The fourth-order valence-electron chi connectivity index (χ4n) is 3.21. The number of piperazine rings is 1. The molecule has 0 aliphatic carbocycles. The van der Waals surface area contributed by atoms with Crippen molar-refractivity contribution in [3.63, 3.8) is 0 Å². The first-order valence-corrected chi connectivity index (χ1v) is 10.3. The van der Waals surface area contributed by atoms with Crippen LogP contribution in [0, 0.1) is 5.82 Å². The number of hydrogen-bond donors (Lipinski definition) is 2. The largest absolute Gasteiger partial charge is 0.343 e. The monoisotopic (exact) mass is 404 g/mol. The Balaban J connectivity index is 1.58. The lowest BCUT2D eigenvalue weighted by Gasteiger charge is -2.34. The van der Waals surface area contributed by atoms with Crippen molar-refractivity contribution in [1.29, 1.82) is 0 Å². The van der Waals surface area contributed by atoms with Crippen molar-refractivity contribution in [2.75, 3.05) is 39.3 Å². The lowest BCUT2D eigenvalue weighted by Crippen LogP contribution is -2.53. The van der Waals surface area contributed by atoms with E-state index in [0.717, 1.165) is 10.4 Å². The van der Waals surface area contributed by atoms with E-state index >= 15 is 0 Å². The number of thiophene rings is 1. The Labute approximate surface area is 168 Å². The predicted octanol–water partition coefficient (Wildman–Crippen LogP) is 2.44. The summed E-state index contributed by atoms with van der Waals surface area (Å²) < 4.78 is 13.3. The zero-order valence-corrected chi connectivity index (χ0v) is 16.7. The molecule has 3 amide bonds. The topological polar surface area (TPSA) is 64.7 Å². The molecule has 150 valence electrons. The van der Waals surface area contributed by atoms with E-state index in [4.69, 9.17) is 0 Å². The minimum atomic E-state index is -0.301. The predicted molar refractivity (Wildman–Crippen MR) is 108 cm³/mol. The molecule has 2 heterocycles. The van der Waals surface area contributed by atoms with Crippen LogP contribution in [0.1, 0.15) is 23.4 Å². The van der Waals surface area contributed by atoms with Crippen LogP contribution < -0.4 is 10.6 Å². The summed E-state index contributed by atoms with van der Waals surface area (Å²) in [4.78, 5) is 29.3. The molecule has 1 atom stereocenters. The zero-order chi connectivity index (χ0) is 19.9. The van der Waals surface area contributed by atoms with Gasteiger partial charge < -0.3 is 15.5 Å². The fraction of sp³-hybridized carbons (Fsp3) is 0.400. The first-order valence-electron chi connectivity index (χ1n) is 9.40. The summed E-state index contributed by atoms with van der Waals surface area (Å²) in [6, 6.07) is 9.75. The molecule has 2 aromatic rings. The van der Waals surface area contributed by atoms with Gasteiger partial charge in [-0.2, -0.15) is 0 Å². The van der Waals surface area contributed by atoms with E-state index in [0.29, 0.717) is 32.7 Å². The SMILES string of the molecule is CCNC(=O)N1CCN(CC(=O)NC(c2ccc(F)cc2)c2cccs2)CC1. The standard InChI is InChI=1S/C20H25FN4O2S/c1-2-22-20(27)25-11-9-24(10-12-25)14-18(26)23-19(17-4-3-13-28-17)15-5-7-16(21)8-6-15/h3-8,13,19H,2,9-12,14H2,1H3,(H,22,27)(H,23,26). The third-order valence-electron chi connectivity index (χ3n) is 4.69. The summed E-state index contributed by atoms with van der Waals surface area (Å²) >= 11 is 1.55. The number of carbonyl (C=O) groups is 2. The average molecular weight is 405 g/mol. The van der Waals surface area contributed by atoms with Gasteiger partial charge in [0.05, 0.1) is 12.6 Å². The third-order valence-corrected chi connectivity index (χ3v) is 5.63. The normalized spacial score (nSPS) is 15.9. The van der Waals surface area contributed by atoms with E-state index in [-0.39, 0.29) is 30.3 Å². The number of rotatable bonds is 6. The average Bonchev–Trinajstić information content (AvgIpc) is 3.22. The van der Waals surface area contributed by atoms with E-state index < -0.39 is 0 Å². The number of nitrogens with one attached hydrogen (secondary N) is 2. The summed E-state index contributed by atoms with van der Waals surface area (Å²) in [6.07, 6.45) is 0.